The van der Waals surface area contributed by atoms with E-state index in [1.807, 2.05) is 12.1 Å². The molecular weight excluding hydrogens is 635 g/mol. The molecule has 13 nitrogen and oxygen atoms in total. The number of hydrogen-bond acceptors (Lipinski definition) is 9. The number of nitrogens with one attached hydrogen (secondary N) is 2. The number of piperazine rings is 1. The summed E-state index contributed by atoms with van der Waals surface area (Å²) in [6.07, 6.45) is 4.09. The third-order valence-corrected chi connectivity index (χ3v) is 8.38. The van der Waals surface area contributed by atoms with Gasteiger partial charge in [0.2, 0.25) is 17.8 Å². The smallest absolute Gasteiger partial charge is 0.330 e. The van der Waals surface area contributed by atoms with E-state index in [0.29, 0.717) is 60.4 Å². The van der Waals surface area contributed by atoms with Crippen molar-refractivity contribution in [2.75, 3.05) is 72.8 Å². The molecule has 0 spiro atoms. The molecule has 2 aliphatic heterocycles. The van der Waals surface area contributed by atoms with E-state index >= 15 is 0 Å². The Morgan fingerprint density at radius 1 is 0.978 bits per heavy atom. The average Bonchev–Trinajstić information content (AvgIpc) is 3.07. The van der Waals surface area contributed by atoms with Crippen LogP contribution in [0.5, 0.6) is 11.5 Å². The van der Waals surface area contributed by atoms with Crippen LogP contribution in [0.3, 0.4) is 0 Å². The van der Waals surface area contributed by atoms with Crippen LogP contribution in [0.2, 0.25) is 10.0 Å². The summed E-state index contributed by atoms with van der Waals surface area (Å²) in [6.45, 7) is 9.53. The van der Waals surface area contributed by atoms with Gasteiger partial charge in [-0.15, -0.1) is 0 Å². The van der Waals surface area contributed by atoms with Gasteiger partial charge in [-0.2, -0.15) is 4.98 Å². The first-order valence-corrected chi connectivity index (χ1v) is 14.9. The Kier molecular flexibility index (Phi) is 9.54. The molecule has 1 aromatic heterocycles. The summed E-state index contributed by atoms with van der Waals surface area (Å²) < 4.78 is 10.7. The van der Waals surface area contributed by atoms with Gasteiger partial charge in [0.05, 0.1) is 37.8 Å². The summed E-state index contributed by atoms with van der Waals surface area (Å²) in [7, 11) is 4.49. The number of hydrogen-bond donors (Lipinski definition) is 2. The molecule has 15 heteroatoms. The van der Waals surface area contributed by atoms with Crippen molar-refractivity contribution in [1.29, 1.82) is 0 Å². The van der Waals surface area contributed by atoms with Gasteiger partial charge in [0, 0.05) is 56.7 Å². The molecule has 1 saturated heterocycles. The summed E-state index contributed by atoms with van der Waals surface area (Å²) in [4.78, 5) is 53.7. The first kappa shape index (κ1) is 32.4. The fraction of sp³-hybridized carbons (Fsp3) is 0.258. The lowest BCUT2D eigenvalue weighted by atomic mass is 10.1. The van der Waals surface area contributed by atoms with Crippen LogP contribution >= 0.6 is 23.2 Å². The van der Waals surface area contributed by atoms with Crippen LogP contribution in [-0.2, 0) is 16.1 Å². The third-order valence-electron chi connectivity index (χ3n) is 7.65. The number of methoxy groups -OCH3 is 2. The van der Waals surface area contributed by atoms with E-state index in [-0.39, 0.29) is 34.1 Å². The number of anilines is 6. The minimum absolute atomic E-state index is 0.0789. The summed E-state index contributed by atoms with van der Waals surface area (Å²) in [5.41, 5.74) is 2.72. The standard InChI is InChI=1S/C31H32Cl2N8O5/c1-6-24(42)35-21-14-19(39-10-12-40(13-11-39)25(43)7-2)8-9-20(21)36-30-34-16-18-17-41(31(44)38(3)29(18)37-30)28-26(32)22(45-4)15-23(46-5)27(28)33/h6-9,14-16H,1-2,10-13,17H2,3-5H3,(H,35,42)(H,34,36,37). The molecule has 5 rings (SSSR count). The largest absolute Gasteiger partial charge is 0.495 e. The minimum atomic E-state index is -0.436. The van der Waals surface area contributed by atoms with Crippen molar-refractivity contribution >= 4 is 75.6 Å². The summed E-state index contributed by atoms with van der Waals surface area (Å²) >= 11 is 13.2. The molecule has 2 N–H and O–H groups in total. The molecular formula is C31H32Cl2N8O5. The molecule has 2 aromatic carbocycles. The number of carbonyl (C=O) groups is 3. The molecule has 3 aromatic rings. The Morgan fingerprint density at radius 3 is 2.26 bits per heavy atom. The van der Waals surface area contributed by atoms with Crippen LogP contribution in [-0.4, -0.2) is 80.2 Å². The molecule has 0 atom stereocenters. The number of urea groups is 1. The van der Waals surface area contributed by atoms with E-state index in [1.54, 1.807) is 30.3 Å². The number of rotatable bonds is 9. The molecule has 3 heterocycles. The highest BCUT2D eigenvalue weighted by molar-refractivity contribution is 6.42. The molecule has 1 fully saturated rings. The Morgan fingerprint density at radius 2 is 1.65 bits per heavy atom. The zero-order valence-corrected chi connectivity index (χ0v) is 27.0. The Labute approximate surface area is 276 Å². The third kappa shape index (κ3) is 6.24. The van der Waals surface area contributed by atoms with Gasteiger partial charge in [0.1, 0.15) is 27.4 Å². The van der Waals surface area contributed by atoms with Gasteiger partial charge in [0.15, 0.2) is 0 Å². The number of fused-ring (bicyclic) bond motifs is 1. The Hall–Kier alpha value is -5.01. The van der Waals surface area contributed by atoms with Crippen LogP contribution < -0.4 is 34.8 Å². The normalized spacial score (nSPS) is 14.4. The van der Waals surface area contributed by atoms with E-state index in [0.717, 1.165) is 5.69 Å². The SMILES string of the molecule is C=CC(=O)Nc1cc(N2CCN(C(=O)C=C)CC2)ccc1Nc1ncc2c(n1)N(C)C(=O)N(c1c(Cl)c(OC)cc(OC)c1Cl)C2. The second-order valence-electron chi connectivity index (χ2n) is 10.3. The number of halogens is 2. The number of benzene rings is 2. The van der Waals surface area contributed by atoms with E-state index in [2.05, 4.69) is 38.7 Å². The monoisotopic (exact) mass is 666 g/mol. The van der Waals surface area contributed by atoms with Gasteiger partial charge in [0.25, 0.3) is 0 Å². The maximum Gasteiger partial charge on any atom is 0.330 e. The van der Waals surface area contributed by atoms with Gasteiger partial charge in [-0.1, -0.05) is 36.4 Å². The number of aromatic nitrogens is 2. The van der Waals surface area contributed by atoms with Crippen LogP contribution in [0, 0.1) is 0 Å². The average molecular weight is 668 g/mol. The minimum Gasteiger partial charge on any atom is -0.495 e. The van der Waals surface area contributed by atoms with Gasteiger partial charge < -0.3 is 29.9 Å². The van der Waals surface area contributed by atoms with Crippen molar-refractivity contribution in [2.24, 2.45) is 0 Å². The fourth-order valence-corrected chi connectivity index (χ4v) is 5.92. The van der Waals surface area contributed by atoms with E-state index in [1.165, 1.54) is 36.2 Å². The van der Waals surface area contributed by atoms with Crippen molar-refractivity contribution in [3.63, 3.8) is 0 Å². The van der Waals surface area contributed by atoms with Crippen LogP contribution in [0.15, 0.2) is 55.8 Å². The molecule has 0 radical (unpaired) electrons. The first-order chi connectivity index (χ1) is 22.1. The zero-order valence-electron chi connectivity index (χ0n) is 25.5. The number of carbonyl (C=O) groups excluding carboxylic acids is 3. The summed E-state index contributed by atoms with van der Waals surface area (Å²) in [5, 5.41) is 6.30. The van der Waals surface area contributed by atoms with E-state index in [9.17, 15) is 14.4 Å². The van der Waals surface area contributed by atoms with E-state index in [4.69, 9.17) is 32.7 Å². The van der Waals surface area contributed by atoms with Crippen molar-refractivity contribution in [1.82, 2.24) is 14.9 Å². The first-order valence-electron chi connectivity index (χ1n) is 14.1. The predicted molar refractivity (Wildman–Crippen MR) is 179 cm³/mol. The highest BCUT2D eigenvalue weighted by Gasteiger charge is 2.35. The van der Waals surface area contributed by atoms with Crippen molar-refractivity contribution in [3.8, 4) is 11.5 Å². The fourth-order valence-electron chi connectivity index (χ4n) is 5.21. The highest BCUT2D eigenvalue weighted by Crippen LogP contribution is 2.47. The van der Waals surface area contributed by atoms with Crippen LogP contribution in [0.1, 0.15) is 5.56 Å². The van der Waals surface area contributed by atoms with Crippen molar-refractivity contribution < 1.29 is 23.9 Å². The number of nitrogens with zero attached hydrogens (tertiary/aromatic N) is 6. The molecule has 46 heavy (non-hydrogen) atoms. The maximum atomic E-state index is 13.6. The zero-order chi connectivity index (χ0) is 33.1. The van der Waals surface area contributed by atoms with Gasteiger partial charge in [-0.25, -0.2) is 9.78 Å². The molecule has 4 amide bonds. The molecule has 2 aliphatic rings. The van der Waals surface area contributed by atoms with Crippen molar-refractivity contribution in [2.45, 2.75) is 6.54 Å². The molecule has 0 unspecified atom stereocenters. The van der Waals surface area contributed by atoms with Crippen molar-refractivity contribution in [3.05, 3.63) is 71.4 Å². The molecule has 0 bridgehead atoms. The lowest BCUT2D eigenvalue weighted by Gasteiger charge is -2.36. The second kappa shape index (κ2) is 13.5. The van der Waals surface area contributed by atoms with E-state index < -0.39 is 11.9 Å². The molecule has 0 aliphatic carbocycles. The lowest BCUT2D eigenvalue weighted by Crippen LogP contribution is -2.48. The quantitative estimate of drug-likeness (QED) is 0.300. The maximum absolute atomic E-state index is 13.6. The molecule has 240 valence electrons. The van der Waals surface area contributed by atoms with Crippen LogP contribution in [0.4, 0.5) is 39.3 Å². The predicted octanol–water partition coefficient (Wildman–Crippen LogP) is 5.08. The summed E-state index contributed by atoms with van der Waals surface area (Å²) in [5.74, 6) is 0.669. The molecule has 0 saturated carbocycles. The number of ether oxygens (including phenoxy) is 2. The van der Waals surface area contributed by atoms with Gasteiger partial charge in [-0.05, 0) is 30.4 Å². The Balaban J connectivity index is 1.42. The van der Waals surface area contributed by atoms with Gasteiger partial charge in [-0.3, -0.25) is 19.4 Å². The number of amides is 4. The van der Waals surface area contributed by atoms with Gasteiger partial charge >= 0.3 is 6.03 Å². The lowest BCUT2D eigenvalue weighted by molar-refractivity contribution is -0.126. The topological polar surface area (TPSA) is 132 Å². The highest BCUT2D eigenvalue weighted by atomic mass is 35.5. The Bertz CT molecular complexity index is 1700. The summed E-state index contributed by atoms with van der Waals surface area (Å²) in [6, 6.07) is 6.64. The van der Waals surface area contributed by atoms with Crippen LogP contribution in [0.25, 0.3) is 0 Å². The second-order valence-corrected chi connectivity index (χ2v) is 11.0.